The molecule has 26 heavy (non-hydrogen) atoms. The average Bonchev–Trinajstić information content (AvgIpc) is 3.20. The molecule has 5 heteroatoms. The summed E-state index contributed by atoms with van der Waals surface area (Å²) >= 11 is 0. The summed E-state index contributed by atoms with van der Waals surface area (Å²) in [6, 6.07) is 11.2. The van der Waals surface area contributed by atoms with E-state index in [-0.39, 0.29) is 11.9 Å². The van der Waals surface area contributed by atoms with E-state index in [9.17, 15) is 4.79 Å². The molecule has 1 amide bonds. The maximum absolute atomic E-state index is 12.5. The van der Waals surface area contributed by atoms with Gasteiger partial charge in [-0.05, 0) is 55.9 Å². The van der Waals surface area contributed by atoms with E-state index in [1.54, 1.807) is 18.4 Å². The Bertz CT molecular complexity index is 634. The number of likely N-dealkylation sites (N-methyl/N-ethyl adjacent to an activating group) is 1. The summed E-state index contributed by atoms with van der Waals surface area (Å²) in [6.45, 7) is 9.34. The topological polar surface area (TPSA) is 54.7 Å². The normalized spacial score (nSPS) is 12.2. The number of unbranched alkanes of at least 4 members (excludes halogenated alkanes) is 1. The lowest BCUT2D eigenvalue weighted by Crippen LogP contribution is -2.37. The number of ether oxygens (including phenoxy) is 1. The number of rotatable bonds is 11. The van der Waals surface area contributed by atoms with Crippen molar-refractivity contribution in [1.29, 1.82) is 0 Å². The number of carbonyl (C=O) groups excluding carboxylic acids is 1. The smallest absolute Gasteiger partial charge is 0.251 e. The van der Waals surface area contributed by atoms with Crippen LogP contribution in [0, 0.1) is 0 Å². The average molecular weight is 358 g/mol. The van der Waals surface area contributed by atoms with Gasteiger partial charge in [-0.3, -0.25) is 9.69 Å². The highest BCUT2D eigenvalue weighted by atomic mass is 16.5. The predicted octanol–water partition coefficient (Wildman–Crippen LogP) is 4.27. The molecule has 0 aliphatic rings. The van der Waals surface area contributed by atoms with Crippen LogP contribution in [-0.2, 0) is 0 Å². The highest BCUT2D eigenvalue weighted by Gasteiger charge is 2.21. The minimum atomic E-state index is -0.0891. The van der Waals surface area contributed by atoms with E-state index in [0.29, 0.717) is 18.7 Å². The van der Waals surface area contributed by atoms with Crippen molar-refractivity contribution in [2.75, 3.05) is 26.2 Å². The lowest BCUT2D eigenvalue weighted by molar-refractivity contribution is 0.0929. The summed E-state index contributed by atoms with van der Waals surface area (Å²) in [6.07, 6.45) is 3.80. The van der Waals surface area contributed by atoms with E-state index in [2.05, 4.69) is 31.0 Å². The summed E-state index contributed by atoms with van der Waals surface area (Å²) in [4.78, 5) is 14.8. The Labute approximate surface area is 156 Å². The number of carbonyl (C=O) groups is 1. The van der Waals surface area contributed by atoms with Gasteiger partial charge in [0.1, 0.15) is 11.5 Å². The van der Waals surface area contributed by atoms with Crippen molar-refractivity contribution in [2.24, 2.45) is 0 Å². The summed E-state index contributed by atoms with van der Waals surface area (Å²) in [5, 5.41) is 3.03. The Hall–Kier alpha value is -2.27. The quantitative estimate of drug-likeness (QED) is 0.610. The summed E-state index contributed by atoms with van der Waals surface area (Å²) in [5.41, 5.74) is 0.630. The van der Waals surface area contributed by atoms with Crippen LogP contribution < -0.4 is 10.1 Å². The molecular formula is C21H30N2O3. The van der Waals surface area contributed by atoms with E-state index in [1.165, 1.54) is 0 Å². The van der Waals surface area contributed by atoms with Gasteiger partial charge in [0, 0.05) is 12.1 Å². The SMILES string of the molecule is CCCCOc1ccc(C(=O)NCC(c2ccco2)N(CC)CC)cc1. The molecule has 0 aliphatic heterocycles. The molecule has 0 bridgehead atoms. The Morgan fingerprint density at radius 2 is 1.88 bits per heavy atom. The van der Waals surface area contributed by atoms with Gasteiger partial charge in [0.2, 0.25) is 0 Å². The molecule has 2 rings (SSSR count). The number of hydrogen-bond donors (Lipinski definition) is 1. The fourth-order valence-electron chi connectivity index (χ4n) is 2.88. The van der Waals surface area contributed by atoms with Gasteiger partial charge in [-0.25, -0.2) is 0 Å². The summed E-state index contributed by atoms with van der Waals surface area (Å²) in [7, 11) is 0. The van der Waals surface area contributed by atoms with Crippen LogP contribution in [0.5, 0.6) is 5.75 Å². The van der Waals surface area contributed by atoms with Gasteiger partial charge >= 0.3 is 0 Å². The number of nitrogens with zero attached hydrogens (tertiary/aromatic N) is 1. The van der Waals surface area contributed by atoms with Crippen molar-refractivity contribution in [3.8, 4) is 5.75 Å². The highest BCUT2D eigenvalue weighted by molar-refractivity contribution is 5.94. The van der Waals surface area contributed by atoms with Crippen molar-refractivity contribution in [3.63, 3.8) is 0 Å². The van der Waals surface area contributed by atoms with Crippen LogP contribution in [0.25, 0.3) is 0 Å². The van der Waals surface area contributed by atoms with E-state index in [4.69, 9.17) is 9.15 Å². The first-order valence-electron chi connectivity index (χ1n) is 9.48. The Kier molecular flexibility index (Phi) is 8.22. The Morgan fingerprint density at radius 1 is 1.15 bits per heavy atom. The third-order valence-corrected chi connectivity index (χ3v) is 4.46. The molecule has 5 nitrogen and oxygen atoms in total. The fourth-order valence-corrected chi connectivity index (χ4v) is 2.88. The van der Waals surface area contributed by atoms with E-state index < -0.39 is 0 Å². The van der Waals surface area contributed by atoms with Crippen molar-refractivity contribution in [3.05, 3.63) is 54.0 Å². The molecule has 1 N–H and O–H groups in total. The van der Waals surface area contributed by atoms with Crippen molar-refractivity contribution in [2.45, 2.75) is 39.7 Å². The molecule has 1 aromatic carbocycles. The van der Waals surface area contributed by atoms with Gasteiger partial charge in [-0.2, -0.15) is 0 Å². The molecule has 0 saturated carbocycles. The van der Waals surface area contributed by atoms with Crippen LogP contribution >= 0.6 is 0 Å². The second-order valence-corrected chi connectivity index (χ2v) is 6.19. The zero-order chi connectivity index (χ0) is 18.8. The number of nitrogens with one attached hydrogen (secondary N) is 1. The molecule has 1 atom stereocenters. The lowest BCUT2D eigenvalue weighted by Gasteiger charge is -2.28. The molecule has 142 valence electrons. The predicted molar refractivity (Wildman–Crippen MR) is 104 cm³/mol. The van der Waals surface area contributed by atoms with E-state index in [0.717, 1.165) is 37.4 Å². The molecule has 1 unspecified atom stereocenters. The molecule has 1 aromatic heterocycles. The molecule has 0 fully saturated rings. The highest BCUT2D eigenvalue weighted by Crippen LogP contribution is 2.20. The number of benzene rings is 1. The molecule has 0 saturated heterocycles. The molecular weight excluding hydrogens is 328 g/mol. The second kappa shape index (κ2) is 10.7. The summed E-state index contributed by atoms with van der Waals surface area (Å²) < 4.78 is 11.2. The number of furan rings is 1. The van der Waals surface area contributed by atoms with Gasteiger partial charge < -0.3 is 14.5 Å². The van der Waals surface area contributed by atoms with Crippen molar-refractivity contribution in [1.82, 2.24) is 10.2 Å². The minimum Gasteiger partial charge on any atom is -0.494 e. The van der Waals surface area contributed by atoms with Crippen LogP contribution in [0.4, 0.5) is 0 Å². The largest absolute Gasteiger partial charge is 0.494 e. The van der Waals surface area contributed by atoms with Crippen LogP contribution in [-0.4, -0.2) is 37.0 Å². The van der Waals surface area contributed by atoms with Gasteiger partial charge in [0.15, 0.2) is 0 Å². The standard InChI is InChI=1S/C21H30N2O3/c1-4-7-14-25-18-12-10-17(11-13-18)21(24)22-16-19(23(5-2)6-3)20-9-8-15-26-20/h8-13,15,19H,4-7,14,16H2,1-3H3,(H,22,24). The van der Waals surface area contributed by atoms with Crippen LogP contribution in [0.1, 0.15) is 55.8 Å². The first-order chi connectivity index (χ1) is 12.7. The maximum Gasteiger partial charge on any atom is 0.251 e. The zero-order valence-electron chi connectivity index (χ0n) is 16.0. The first-order valence-corrected chi connectivity index (χ1v) is 9.48. The molecule has 0 aliphatic carbocycles. The Morgan fingerprint density at radius 3 is 2.46 bits per heavy atom. The second-order valence-electron chi connectivity index (χ2n) is 6.19. The third-order valence-electron chi connectivity index (χ3n) is 4.46. The van der Waals surface area contributed by atoms with Crippen molar-refractivity contribution >= 4 is 5.91 Å². The van der Waals surface area contributed by atoms with Crippen LogP contribution in [0.3, 0.4) is 0 Å². The van der Waals surface area contributed by atoms with Crippen molar-refractivity contribution < 1.29 is 13.9 Å². The lowest BCUT2D eigenvalue weighted by atomic mass is 10.1. The minimum absolute atomic E-state index is 0.0283. The fraction of sp³-hybridized carbons (Fsp3) is 0.476. The Balaban J connectivity index is 1.95. The maximum atomic E-state index is 12.5. The van der Waals surface area contributed by atoms with Gasteiger partial charge in [-0.15, -0.1) is 0 Å². The van der Waals surface area contributed by atoms with Crippen LogP contribution in [0.2, 0.25) is 0 Å². The third kappa shape index (κ3) is 5.63. The van der Waals surface area contributed by atoms with Crippen LogP contribution in [0.15, 0.2) is 47.1 Å². The number of amides is 1. The molecule has 2 aromatic rings. The zero-order valence-corrected chi connectivity index (χ0v) is 16.0. The molecule has 1 heterocycles. The van der Waals surface area contributed by atoms with Gasteiger partial charge in [0.25, 0.3) is 5.91 Å². The number of hydrogen-bond acceptors (Lipinski definition) is 4. The molecule has 0 radical (unpaired) electrons. The monoisotopic (exact) mass is 358 g/mol. The van der Waals surface area contributed by atoms with Gasteiger partial charge in [0.05, 0.1) is 18.9 Å². The summed E-state index contributed by atoms with van der Waals surface area (Å²) in [5.74, 6) is 1.58. The van der Waals surface area contributed by atoms with E-state index in [1.807, 2.05) is 24.3 Å². The van der Waals surface area contributed by atoms with Gasteiger partial charge in [-0.1, -0.05) is 27.2 Å². The molecule has 0 spiro atoms. The first kappa shape index (κ1) is 20.0. The van der Waals surface area contributed by atoms with E-state index >= 15 is 0 Å².